The molecule has 0 unspecified atom stereocenters. The SMILES string of the molecule is CCCCCCCCCCC#Cc1ccc(CN(Cc2ccc(F)cc2)C(=O)C(=O)O)cc1. The van der Waals surface area contributed by atoms with Gasteiger partial charge in [-0.1, -0.05) is 88.0 Å². The van der Waals surface area contributed by atoms with Crippen LogP contribution in [0.3, 0.4) is 0 Å². The molecule has 1 N–H and O–H groups in total. The first-order chi connectivity index (χ1) is 16.0. The summed E-state index contributed by atoms with van der Waals surface area (Å²) in [4.78, 5) is 24.6. The Morgan fingerprint density at radius 3 is 1.88 bits per heavy atom. The van der Waals surface area contributed by atoms with Gasteiger partial charge in [0.1, 0.15) is 5.82 Å². The molecule has 0 saturated heterocycles. The smallest absolute Gasteiger partial charge is 0.394 e. The summed E-state index contributed by atoms with van der Waals surface area (Å²) >= 11 is 0. The number of amides is 1. The molecule has 0 radical (unpaired) electrons. The van der Waals surface area contributed by atoms with E-state index in [9.17, 15) is 14.0 Å². The fraction of sp³-hybridized carbons (Fsp3) is 0.429. The van der Waals surface area contributed by atoms with Gasteiger partial charge >= 0.3 is 11.9 Å². The molecule has 0 atom stereocenters. The number of carbonyl (C=O) groups excluding carboxylic acids is 1. The molecular weight excluding hydrogens is 417 g/mol. The van der Waals surface area contributed by atoms with Crippen molar-refractivity contribution < 1.29 is 19.1 Å². The molecule has 5 heteroatoms. The summed E-state index contributed by atoms with van der Waals surface area (Å²) in [7, 11) is 0. The van der Waals surface area contributed by atoms with Gasteiger partial charge in [0, 0.05) is 25.1 Å². The third-order valence-electron chi connectivity index (χ3n) is 5.47. The minimum absolute atomic E-state index is 0.0889. The molecule has 0 aliphatic heterocycles. The number of rotatable bonds is 12. The van der Waals surface area contributed by atoms with Crippen LogP contribution in [0.15, 0.2) is 48.5 Å². The Balaban J connectivity index is 1.83. The number of carboxylic acids is 1. The van der Waals surface area contributed by atoms with E-state index in [1.54, 1.807) is 12.1 Å². The highest BCUT2D eigenvalue weighted by molar-refractivity contribution is 6.31. The summed E-state index contributed by atoms with van der Waals surface area (Å²) in [6.45, 7) is 2.47. The van der Waals surface area contributed by atoms with Gasteiger partial charge in [-0.05, 0) is 41.8 Å². The monoisotopic (exact) mass is 451 g/mol. The maximum Gasteiger partial charge on any atom is 0.394 e. The summed E-state index contributed by atoms with van der Waals surface area (Å²) in [5.74, 6) is 3.50. The maximum absolute atomic E-state index is 13.1. The van der Waals surface area contributed by atoms with Crippen molar-refractivity contribution in [3.05, 3.63) is 71.0 Å². The highest BCUT2D eigenvalue weighted by Crippen LogP contribution is 2.13. The molecule has 2 aromatic rings. The topological polar surface area (TPSA) is 57.6 Å². The van der Waals surface area contributed by atoms with Gasteiger partial charge in [0.25, 0.3) is 0 Å². The molecule has 176 valence electrons. The minimum Gasteiger partial charge on any atom is -0.474 e. The number of carbonyl (C=O) groups is 2. The quantitative estimate of drug-likeness (QED) is 0.233. The van der Waals surface area contributed by atoms with Crippen molar-refractivity contribution in [3.8, 4) is 11.8 Å². The van der Waals surface area contributed by atoms with Crippen molar-refractivity contribution in [3.63, 3.8) is 0 Å². The van der Waals surface area contributed by atoms with E-state index in [0.29, 0.717) is 5.56 Å². The first-order valence-electron chi connectivity index (χ1n) is 11.8. The van der Waals surface area contributed by atoms with Crippen molar-refractivity contribution in [2.24, 2.45) is 0 Å². The number of carboxylic acid groups (broad SMARTS) is 1. The lowest BCUT2D eigenvalue weighted by Crippen LogP contribution is -2.35. The molecule has 2 aromatic carbocycles. The molecule has 0 bridgehead atoms. The molecular formula is C28H34FNO3. The predicted octanol–water partition coefficient (Wildman–Crippen LogP) is 6.32. The third kappa shape index (κ3) is 10.4. The van der Waals surface area contributed by atoms with Gasteiger partial charge in [-0.25, -0.2) is 9.18 Å². The van der Waals surface area contributed by atoms with E-state index in [0.717, 1.165) is 24.0 Å². The molecule has 0 heterocycles. The van der Waals surface area contributed by atoms with Crippen LogP contribution in [0, 0.1) is 17.7 Å². The molecule has 4 nitrogen and oxygen atoms in total. The fourth-order valence-corrected chi connectivity index (χ4v) is 3.57. The Morgan fingerprint density at radius 1 is 0.818 bits per heavy atom. The molecule has 2 rings (SSSR count). The van der Waals surface area contributed by atoms with E-state index in [-0.39, 0.29) is 18.9 Å². The Labute approximate surface area is 196 Å². The van der Waals surface area contributed by atoms with Crippen molar-refractivity contribution in [1.82, 2.24) is 4.90 Å². The van der Waals surface area contributed by atoms with E-state index in [4.69, 9.17) is 5.11 Å². The highest BCUT2D eigenvalue weighted by atomic mass is 19.1. The van der Waals surface area contributed by atoms with Crippen molar-refractivity contribution in [2.75, 3.05) is 0 Å². The first kappa shape index (κ1) is 26.1. The van der Waals surface area contributed by atoms with E-state index in [1.807, 2.05) is 24.3 Å². The number of hydrogen-bond donors (Lipinski definition) is 1. The van der Waals surface area contributed by atoms with Crippen LogP contribution < -0.4 is 0 Å². The van der Waals surface area contributed by atoms with Gasteiger partial charge in [0.2, 0.25) is 0 Å². The van der Waals surface area contributed by atoms with Gasteiger partial charge in [-0.15, -0.1) is 0 Å². The zero-order valence-corrected chi connectivity index (χ0v) is 19.5. The lowest BCUT2D eigenvalue weighted by atomic mass is 10.1. The van der Waals surface area contributed by atoms with Crippen molar-refractivity contribution in [2.45, 2.75) is 77.8 Å². The summed E-state index contributed by atoms with van der Waals surface area (Å²) in [5, 5.41) is 9.15. The number of hydrogen-bond acceptors (Lipinski definition) is 2. The van der Waals surface area contributed by atoms with Crippen LogP contribution >= 0.6 is 0 Å². The molecule has 0 aromatic heterocycles. The molecule has 0 aliphatic rings. The van der Waals surface area contributed by atoms with E-state index in [1.165, 1.54) is 62.0 Å². The van der Waals surface area contributed by atoms with Crippen LogP contribution in [-0.4, -0.2) is 21.9 Å². The molecule has 33 heavy (non-hydrogen) atoms. The van der Waals surface area contributed by atoms with Crippen LogP contribution in [0.1, 0.15) is 81.4 Å². The largest absolute Gasteiger partial charge is 0.474 e. The molecule has 0 aliphatic carbocycles. The Bertz CT molecular complexity index is 926. The molecule has 0 saturated carbocycles. The van der Waals surface area contributed by atoms with Crippen LogP contribution in [0.25, 0.3) is 0 Å². The summed E-state index contributed by atoms with van der Waals surface area (Å²) < 4.78 is 13.1. The van der Waals surface area contributed by atoms with Gasteiger partial charge in [0.05, 0.1) is 0 Å². The number of nitrogens with zero attached hydrogens (tertiary/aromatic N) is 1. The zero-order valence-electron chi connectivity index (χ0n) is 19.5. The third-order valence-corrected chi connectivity index (χ3v) is 5.47. The average Bonchev–Trinajstić information content (AvgIpc) is 2.81. The lowest BCUT2D eigenvalue weighted by Gasteiger charge is -2.21. The average molecular weight is 452 g/mol. The van der Waals surface area contributed by atoms with E-state index < -0.39 is 11.9 Å². The number of unbranched alkanes of at least 4 members (excludes halogenated alkanes) is 8. The maximum atomic E-state index is 13.1. The Hall–Kier alpha value is -3.13. The highest BCUT2D eigenvalue weighted by Gasteiger charge is 2.21. The fourth-order valence-electron chi connectivity index (χ4n) is 3.57. The standard InChI is InChI=1S/C28H34FNO3/c1-2-3-4-5-6-7-8-9-10-11-12-23-13-15-24(16-14-23)21-30(27(31)28(32)33)22-25-17-19-26(29)20-18-25/h13-20H,2-10,21-22H2,1H3,(H,32,33). The van der Waals surface area contributed by atoms with Crippen LogP contribution in [0.4, 0.5) is 4.39 Å². The summed E-state index contributed by atoms with van der Waals surface area (Å²) in [6.07, 6.45) is 11.1. The molecule has 0 fully saturated rings. The second kappa shape index (κ2) is 14.8. The van der Waals surface area contributed by atoms with Crippen molar-refractivity contribution in [1.29, 1.82) is 0 Å². The Kier molecular flexibility index (Phi) is 11.7. The first-order valence-corrected chi connectivity index (χ1v) is 11.8. The van der Waals surface area contributed by atoms with Crippen molar-refractivity contribution >= 4 is 11.9 Å². The number of aliphatic carboxylic acids is 1. The second-order valence-electron chi connectivity index (χ2n) is 8.32. The molecule has 0 spiro atoms. The predicted molar refractivity (Wildman–Crippen MR) is 129 cm³/mol. The van der Waals surface area contributed by atoms with E-state index in [2.05, 4.69) is 18.8 Å². The van der Waals surface area contributed by atoms with Gasteiger partial charge < -0.3 is 10.0 Å². The van der Waals surface area contributed by atoms with E-state index >= 15 is 0 Å². The van der Waals surface area contributed by atoms with Crippen LogP contribution in [-0.2, 0) is 22.7 Å². The normalized spacial score (nSPS) is 10.4. The lowest BCUT2D eigenvalue weighted by molar-refractivity contribution is -0.156. The number of benzene rings is 2. The summed E-state index contributed by atoms with van der Waals surface area (Å²) in [5.41, 5.74) is 2.36. The minimum atomic E-state index is -1.51. The van der Waals surface area contributed by atoms with Gasteiger partial charge in [-0.3, -0.25) is 4.79 Å². The summed E-state index contributed by atoms with van der Waals surface area (Å²) in [6, 6.07) is 13.2. The molecule has 1 amide bonds. The number of halogens is 1. The van der Waals surface area contributed by atoms with Crippen LogP contribution in [0.2, 0.25) is 0 Å². The van der Waals surface area contributed by atoms with Gasteiger partial charge in [0.15, 0.2) is 0 Å². The Morgan fingerprint density at radius 2 is 1.33 bits per heavy atom. The van der Waals surface area contributed by atoms with Gasteiger partial charge in [-0.2, -0.15) is 0 Å². The zero-order chi connectivity index (χ0) is 23.9. The van der Waals surface area contributed by atoms with Crippen LogP contribution in [0.5, 0.6) is 0 Å². The second-order valence-corrected chi connectivity index (χ2v) is 8.32.